The van der Waals surface area contributed by atoms with Crippen molar-refractivity contribution in [1.29, 1.82) is 0 Å². The van der Waals surface area contributed by atoms with E-state index in [1.165, 1.54) is 0 Å². The van der Waals surface area contributed by atoms with Gasteiger partial charge in [-0.3, -0.25) is 4.79 Å². The van der Waals surface area contributed by atoms with E-state index in [-0.39, 0.29) is 5.91 Å². The summed E-state index contributed by atoms with van der Waals surface area (Å²) in [6.07, 6.45) is -0.647. The molecular formula is C18H20ClNO4. The molecule has 24 heavy (non-hydrogen) atoms. The quantitative estimate of drug-likeness (QED) is 0.743. The van der Waals surface area contributed by atoms with Crippen LogP contribution < -0.4 is 19.5 Å². The minimum Gasteiger partial charge on any atom is -0.497 e. The number of halogens is 1. The van der Waals surface area contributed by atoms with E-state index in [9.17, 15) is 4.79 Å². The van der Waals surface area contributed by atoms with Crippen LogP contribution in [-0.4, -0.2) is 32.3 Å². The van der Waals surface area contributed by atoms with E-state index < -0.39 is 6.10 Å². The van der Waals surface area contributed by atoms with Crippen molar-refractivity contribution < 1.29 is 19.0 Å². The largest absolute Gasteiger partial charge is 0.497 e. The fourth-order valence-corrected chi connectivity index (χ4v) is 2.12. The Kier molecular flexibility index (Phi) is 6.75. The maximum atomic E-state index is 12.0. The Morgan fingerprint density at radius 1 is 1.12 bits per heavy atom. The van der Waals surface area contributed by atoms with Crippen molar-refractivity contribution >= 4 is 17.5 Å². The lowest BCUT2D eigenvalue weighted by Gasteiger charge is -2.15. The minimum atomic E-state index is -0.647. The molecule has 2 rings (SSSR count). The molecule has 5 nitrogen and oxygen atoms in total. The molecule has 0 saturated carbocycles. The Morgan fingerprint density at radius 3 is 2.46 bits per heavy atom. The predicted molar refractivity (Wildman–Crippen MR) is 93.0 cm³/mol. The Labute approximate surface area is 146 Å². The summed E-state index contributed by atoms with van der Waals surface area (Å²) in [7, 11) is 1.61. The molecule has 0 aromatic heterocycles. The molecule has 2 aromatic carbocycles. The second-order valence-corrected chi connectivity index (χ2v) is 5.41. The van der Waals surface area contributed by atoms with Crippen molar-refractivity contribution in [3.63, 3.8) is 0 Å². The van der Waals surface area contributed by atoms with Gasteiger partial charge in [-0.25, -0.2) is 0 Å². The smallest absolute Gasteiger partial charge is 0.260 e. The highest BCUT2D eigenvalue weighted by Crippen LogP contribution is 2.24. The molecule has 0 heterocycles. The molecule has 6 heteroatoms. The van der Waals surface area contributed by atoms with Gasteiger partial charge in [0.2, 0.25) is 0 Å². The van der Waals surface area contributed by atoms with Crippen LogP contribution in [0.3, 0.4) is 0 Å². The summed E-state index contributed by atoms with van der Waals surface area (Å²) >= 11 is 6.00. The summed E-state index contributed by atoms with van der Waals surface area (Å²) in [5.74, 6) is 1.73. The van der Waals surface area contributed by atoms with Gasteiger partial charge in [-0.15, -0.1) is 0 Å². The lowest BCUT2D eigenvalue weighted by Crippen LogP contribution is -2.38. The molecular weight excluding hydrogens is 330 g/mol. The first kappa shape index (κ1) is 17.9. The molecule has 0 fully saturated rings. The summed E-state index contributed by atoms with van der Waals surface area (Å²) in [5.41, 5.74) is 0. The molecule has 0 spiro atoms. The first-order valence-corrected chi connectivity index (χ1v) is 7.93. The van der Waals surface area contributed by atoms with E-state index in [1.807, 2.05) is 24.3 Å². The van der Waals surface area contributed by atoms with E-state index in [1.54, 1.807) is 38.3 Å². The number of carbonyl (C=O) groups excluding carboxylic acids is 1. The first-order valence-electron chi connectivity index (χ1n) is 7.56. The summed E-state index contributed by atoms with van der Waals surface area (Å²) in [6, 6.07) is 14.3. The molecule has 0 saturated heterocycles. The number of amides is 1. The molecule has 0 radical (unpaired) electrons. The average Bonchev–Trinajstić information content (AvgIpc) is 2.61. The van der Waals surface area contributed by atoms with Gasteiger partial charge in [0.05, 0.1) is 18.7 Å². The number of ether oxygens (including phenoxy) is 3. The predicted octanol–water partition coefficient (Wildman–Crippen LogP) is 3.31. The van der Waals surface area contributed by atoms with Crippen LogP contribution in [0.2, 0.25) is 5.02 Å². The molecule has 0 unspecified atom stereocenters. The van der Waals surface area contributed by atoms with Crippen molar-refractivity contribution in [1.82, 2.24) is 5.32 Å². The second kappa shape index (κ2) is 9.03. The molecule has 0 bridgehead atoms. The molecule has 0 aliphatic heterocycles. The number of methoxy groups -OCH3 is 1. The van der Waals surface area contributed by atoms with Crippen LogP contribution in [0.25, 0.3) is 0 Å². The van der Waals surface area contributed by atoms with Crippen LogP contribution in [-0.2, 0) is 4.79 Å². The van der Waals surface area contributed by atoms with Gasteiger partial charge in [0.25, 0.3) is 5.91 Å². The number of hydrogen-bond donors (Lipinski definition) is 1. The van der Waals surface area contributed by atoms with Crippen LogP contribution in [0.5, 0.6) is 17.2 Å². The molecule has 1 atom stereocenters. The third kappa shape index (κ3) is 5.35. The third-order valence-electron chi connectivity index (χ3n) is 3.24. The maximum Gasteiger partial charge on any atom is 0.260 e. The van der Waals surface area contributed by atoms with Crippen LogP contribution >= 0.6 is 11.6 Å². The zero-order valence-electron chi connectivity index (χ0n) is 13.6. The van der Waals surface area contributed by atoms with E-state index in [0.717, 1.165) is 5.75 Å². The highest BCUT2D eigenvalue weighted by Gasteiger charge is 2.15. The van der Waals surface area contributed by atoms with Gasteiger partial charge < -0.3 is 19.5 Å². The zero-order chi connectivity index (χ0) is 17.4. The van der Waals surface area contributed by atoms with Gasteiger partial charge in [-0.2, -0.15) is 0 Å². The molecule has 2 aromatic rings. The van der Waals surface area contributed by atoms with Gasteiger partial charge in [-0.1, -0.05) is 23.7 Å². The molecule has 1 amide bonds. The zero-order valence-corrected chi connectivity index (χ0v) is 14.4. The summed E-state index contributed by atoms with van der Waals surface area (Å²) in [4.78, 5) is 12.0. The monoisotopic (exact) mass is 349 g/mol. The molecule has 128 valence electrons. The Bertz CT molecular complexity index is 660. The number of rotatable bonds is 8. The van der Waals surface area contributed by atoms with Gasteiger partial charge in [-0.05, 0) is 43.3 Å². The SMILES string of the molecule is COc1ccc(OCCNC(=O)[C@H](C)Oc2ccccc2Cl)cc1. The standard InChI is InChI=1S/C18H20ClNO4/c1-13(24-17-6-4-3-5-16(17)19)18(21)20-11-12-23-15-9-7-14(22-2)8-10-15/h3-10,13H,11-12H2,1-2H3,(H,20,21)/t13-/m0/s1. The summed E-state index contributed by atoms with van der Waals surface area (Å²) in [6.45, 7) is 2.40. The van der Waals surface area contributed by atoms with E-state index >= 15 is 0 Å². The van der Waals surface area contributed by atoms with E-state index in [0.29, 0.717) is 29.7 Å². The van der Waals surface area contributed by atoms with Crippen molar-refractivity contribution in [3.8, 4) is 17.2 Å². The third-order valence-corrected chi connectivity index (χ3v) is 3.55. The molecule has 0 aliphatic carbocycles. The highest BCUT2D eigenvalue weighted by atomic mass is 35.5. The van der Waals surface area contributed by atoms with Gasteiger partial charge in [0.1, 0.15) is 23.9 Å². The summed E-state index contributed by atoms with van der Waals surface area (Å²) in [5, 5.41) is 3.23. The fraction of sp³-hybridized carbons (Fsp3) is 0.278. The Morgan fingerprint density at radius 2 is 1.79 bits per heavy atom. The van der Waals surface area contributed by atoms with Gasteiger partial charge in [0.15, 0.2) is 6.10 Å². The lowest BCUT2D eigenvalue weighted by atomic mass is 10.3. The van der Waals surface area contributed by atoms with Crippen molar-refractivity contribution in [2.45, 2.75) is 13.0 Å². The van der Waals surface area contributed by atoms with Gasteiger partial charge >= 0.3 is 0 Å². The lowest BCUT2D eigenvalue weighted by molar-refractivity contribution is -0.127. The van der Waals surface area contributed by atoms with Crippen molar-refractivity contribution in [2.75, 3.05) is 20.3 Å². The second-order valence-electron chi connectivity index (χ2n) is 5.01. The van der Waals surface area contributed by atoms with Crippen LogP contribution in [0.4, 0.5) is 0 Å². The fourth-order valence-electron chi connectivity index (χ4n) is 1.94. The number of para-hydroxylation sites is 1. The first-order chi connectivity index (χ1) is 11.6. The number of carbonyl (C=O) groups is 1. The number of nitrogens with one attached hydrogen (secondary N) is 1. The van der Waals surface area contributed by atoms with Gasteiger partial charge in [0, 0.05) is 0 Å². The maximum absolute atomic E-state index is 12.0. The highest BCUT2D eigenvalue weighted by molar-refractivity contribution is 6.32. The topological polar surface area (TPSA) is 56.8 Å². The van der Waals surface area contributed by atoms with Crippen LogP contribution in [0.1, 0.15) is 6.92 Å². The molecule has 0 aliphatic rings. The summed E-state index contributed by atoms with van der Waals surface area (Å²) < 4.78 is 16.2. The number of hydrogen-bond acceptors (Lipinski definition) is 4. The van der Waals surface area contributed by atoms with Crippen molar-refractivity contribution in [3.05, 3.63) is 53.6 Å². The van der Waals surface area contributed by atoms with Crippen LogP contribution in [0, 0.1) is 0 Å². The number of benzene rings is 2. The van der Waals surface area contributed by atoms with E-state index in [2.05, 4.69) is 5.32 Å². The minimum absolute atomic E-state index is 0.228. The molecule has 1 N–H and O–H groups in total. The van der Waals surface area contributed by atoms with E-state index in [4.69, 9.17) is 25.8 Å². The van der Waals surface area contributed by atoms with Crippen LogP contribution in [0.15, 0.2) is 48.5 Å². The van der Waals surface area contributed by atoms with Crippen molar-refractivity contribution in [2.24, 2.45) is 0 Å². The normalized spacial score (nSPS) is 11.5. The average molecular weight is 350 g/mol. The Hall–Kier alpha value is -2.40. The Balaban J connectivity index is 1.71.